The standard InChI is InChI=1S/C13H16N4O4/c1-2-21-12(18)6-7-14-9-10-13(17(19)20)16-8-4-3-5-11(16)15-10/h3-5,8,14H,2,6-7,9H2,1H3. The van der Waals surface area contributed by atoms with E-state index in [9.17, 15) is 14.9 Å². The molecular formula is C13H16N4O4. The predicted molar refractivity (Wildman–Crippen MR) is 74.8 cm³/mol. The molecule has 0 aliphatic heterocycles. The Bertz CT molecular complexity index is 653. The molecule has 8 nitrogen and oxygen atoms in total. The first-order valence-electron chi connectivity index (χ1n) is 6.60. The highest BCUT2D eigenvalue weighted by atomic mass is 16.6. The number of rotatable bonds is 7. The zero-order valence-corrected chi connectivity index (χ0v) is 11.6. The monoisotopic (exact) mass is 292 g/mol. The molecule has 0 amide bonds. The van der Waals surface area contributed by atoms with Crippen LogP contribution in [-0.2, 0) is 16.1 Å². The Labute approximate surface area is 120 Å². The third-order valence-corrected chi connectivity index (χ3v) is 2.85. The molecule has 2 rings (SSSR count). The van der Waals surface area contributed by atoms with Crippen molar-refractivity contribution >= 4 is 17.4 Å². The second-order valence-electron chi connectivity index (χ2n) is 4.30. The lowest BCUT2D eigenvalue weighted by Crippen LogP contribution is -2.19. The number of esters is 1. The molecule has 0 aliphatic carbocycles. The van der Waals surface area contributed by atoms with Crippen LogP contribution in [0.5, 0.6) is 0 Å². The zero-order chi connectivity index (χ0) is 15.2. The number of fused-ring (bicyclic) bond motifs is 1. The summed E-state index contributed by atoms with van der Waals surface area (Å²) in [6.07, 6.45) is 1.82. The predicted octanol–water partition coefficient (Wildman–Crippen LogP) is 1.29. The third kappa shape index (κ3) is 3.54. The van der Waals surface area contributed by atoms with E-state index in [-0.39, 0.29) is 24.8 Å². The van der Waals surface area contributed by atoms with Crippen LogP contribution in [0.4, 0.5) is 5.82 Å². The van der Waals surface area contributed by atoms with Crippen LogP contribution in [0.2, 0.25) is 0 Å². The number of nitrogens with zero attached hydrogens (tertiary/aromatic N) is 3. The topological polar surface area (TPSA) is 98.8 Å². The van der Waals surface area contributed by atoms with E-state index in [1.165, 1.54) is 4.40 Å². The molecule has 1 N–H and O–H groups in total. The molecule has 0 fully saturated rings. The zero-order valence-electron chi connectivity index (χ0n) is 11.6. The van der Waals surface area contributed by atoms with Crippen molar-refractivity contribution in [1.82, 2.24) is 14.7 Å². The molecule has 112 valence electrons. The summed E-state index contributed by atoms with van der Waals surface area (Å²) in [6.45, 7) is 2.68. The van der Waals surface area contributed by atoms with Crippen LogP contribution in [0.15, 0.2) is 24.4 Å². The smallest absolute Gasteiger partial charge is 0.352 e. The van der Waals surface area contributed by atoms with Gasteiger partial charge in [-0.2, -0.15) is 4.40 Å². The fraction of sp³-hybridized carbons (Fsp3) is 0.385. The summed E-state index contributed by atoms with van der Waals surface area (Å²) < 4.78 is 6.23. The molecule has 0 saturated carbocycles. The van der Waals surface area contributed by atoms with Crippen molar-refractivity contribution in [3.63, 3.8) is 0 Å². The molecule has 0 spiro atoms. The summed E-state index contributed by atoms with van der Waals surface area (Å²) in [6, 6.07) is 5.18. The molecule has 0 unspecified atom stereocenters. The summed E-state index contributed by atoms with van der Waals surface area (Å²) in [5, 5.41) is 14.1. The van der Waals surface area contributed by atoms with Crippen LogP contribution < -0.4 is 5.32 Å². The van der Waals surface area contributed by atoms with E-state index in [2.05, 4.69) is 10.3 Å². The lowest BCUT2D eigenvalue weighted by Gasteiger charge is -2.03. The van der Waals surface area contributed by atoms with Crippen LogP contribution in [0.25, 0.3) is 5.65 Å². The number of carbonyl (C=O) groups is 1. The Morgan fingerprint density at radius 2 is 2.33 bits per heavy atom. The van der Waals surface area contributed by atoms with Crippen LogP contribution in [0, 0.1) is 10.1 Å². The van der Waals surface area contributed by atoms with E-state index < -0.39 is 4.92 Å². The quantitative estimate of drug-likeness (QED) is 0.357. The lowest BCUT2D eigenvalue weighted by atomic mass is 10.4. The van der Waals surface area contributed by atoms with E-state index in [1.807, 2.05) is 0 Å². The number of nitrogens with one attached hydrogen (secondary N) is 1. The molecular weight excluding hydrogens is 276 g/mol. The second-order valence-corrected chi connectivity index (χ2v) is 4.30. The molecule has 0 atom stereocenters. The fourth-order valence-electron chi connectivity index (χ4n) is 1.97. The van der Waals surface area contributed by atoms with E-state index >= 15 is 0 Å². The van der Waals surface area contributed by atoms with Crippen molar-refractivity contribution in [3.8, 4) is 0 Å². The number of pyridine rings is 1. The number of nitro groups is 1. The van der Waals surface area contributed by atoms with Crippen LogP contribution in [0.1, 0.15) is 19.0 Å². The minimum atomic E-state index is -0.456. The van der Waals surface area contributed by atoms with Gasteiger partial charge < -0.3 is 20.2 Å². The van der Waals surface area contributed by atoms with Crippen LogP contribution >= 0.6 is 0 Å². The number of ether oxygens (including phenoxy) is 1. The normalized spacial score (nSPS) is 10.7. The van der Waals surface area contributed by atoms with Crippen molar-refractivity contribution in [3.05, 3.63) is 40.2 Å². The molecule has 0 saturated heterocycles. The number of imidazole rings is 1. The first kappa shape index (κ1) is 14.9. The van der Waals surface area contributed by atoms with Gasteiger partial charge in [0.25, 0.3) is 0 Å². The average Bonchev–Trinajstić information content (AvgIpc) is 2.82. The molecule has 0 radical (unpaired) electrons. The molecule has 8 heteroatoms. The molecule has 2 aromatic heterocycles. The van der Waals surface area contributed by atoms with Gasteiger partial charge in [0.05, 0.1) is 19.2 Å². The molecule has 0 bridgehead atoms. The Balaban J connectivity index is 2.03. The van der Waals surface area contributed by atoms with Gasteiger partial charge in [-0.05, 0) is 17.9 Å². The van der Waals surface area contributed by atoms with Crippen molar-refractivity contribution in [2.45, 2.75) is 19.9 Å². The van der Waals surface area contributed by atoms with E-state index in [0.29, 0.717) is 24.5 Å². The first-order valence-corrected chi connectivity index (χ1v) is 6.60. The van der Waals surface area contributed by atoms with Gasteiger partial charge in [-0.1, -0.05) is 6.07 Å². The Hall–Kier alpha value is -2.48. The number of carbonyl (C=O) groups excluding carboxylic acids is 1. The summed E-state index contributed by atoms with van der Waals surface area (Å²) in [5.41, 5.74) is 0.862. The molecule has 2 aromatic rings. The average molecular weight is 292 g/mol. The summed E-state index contributed by atoms with van der Waals surface area (Å²) in [7, 11) is 0. The maximum Gasteiger partial charge on any atom is 0.352 e. The first-order chi connectivity index (χ1) is 10.1. The number of hydrogen-bond acceptors (Lipinski definition) is 6. The summed E-state index contributed by atoms with van der Waals surface area (Å²) in [5.74, 6) is -0.358. The van der Waals surface area contributed by atoms with Gasteiger partial charge in [0.1, 0.15) is 0 Å². The van der Waals surface area contributed by atoms with Crippen molar-refractivity contribution in [1.29, 1.82) is 0 Å². The Kier molecular flexibility index (Phi) is 4.83. The summed E-state index contributed by atoms with van der Waals surface area (Å²) in [4.78, 5) is 26.1. The third-order valence-electron chi connectivity index (χ3n) is 2.85. The largest absolute Gasteiger partial charge is 0.466 e. The van der Waals surface area contributed by atoms with Gasteiger partial charge in [-0.3, -0.25) is 4.79 Å². The Morgan fingerprint density at radius 3 is 3.05 bits per heavy atom. The van der Waals surface area contributed by atoms with E-state index in [4.69, 9.17) is 4.74 Å². The molecule has 21 heavy (non-hydrogen) atoms. The highest BCUT2D eigenvalue weighted by molar-refractivity contribution is 5.69. The van der Waals surface area contributed by atoms with Crippen molar-refractivity contribution in [2.24, 2.45) is 0 Å². The van der Waals surface area contributed by atoms with E-state index in [0.717, 1.165) is 0 Å². The lowest BCUT2D eigenvalue weighted by molar-refractivity contribution is -0.391. The van der Waals surface area contributed by atoms with Crippen molar-refractivity contribution in [2.75, 3.05) is 13.2 Å². The SMILES string of the molecule is CCOC(=O)CCNCc1nc2ccccn2c1[N+](=O)[O-]. The Morgan fingerprint density at radius 1 is 1.52 bits per heavy atom. The maximum atomic E-state index is 11.2. The van der Waals surface area contributed by atoms with Gasteiger partial charge in [-0.15, -0.1) is 0 Å². The molecule has 0 aromatic carbocycles. The second kappa shape index (κ2) is 6.80. The van der Waals surface area contributed by atoms with Crippen molar-refractivity contribution < 1.29 is 14.5 Å². The van der Waals surface area contributed by atoms with Gasteiger partial charge in [0, 0.05) is 19.2 Å². The fourth-order valence-corrected chi connectivity index (χ4v) is 1.97. The highest BCUT2D eigenvalue weighted by Gasteiger charge is 2.21. The number of aromatic nitrogens is 2. The maximum absolute atomic E-state index is 11.2. The molecule has 2 heterocycles. The van der Waals surface area contributed by atoms with Crippen LogP contribution in [0.3, 0.4) is 0 Å². The minimum Gasteiger partial charge on any atom is -0.466 e. The summed E-state index contributed by atoms with van der Waals surface area (Å²) >= 11 is 0. The van der Waals surface area contributed by atoms with E-state index in [1.54, 1.807) is 31.3 Å². The van der Waals surface area contributed by atoms with Crippen LogP contribution in [-0.4, -0.2) is 33.4 Å². The highest BCUT2D eigenvalue weighted by Crippen LogP contribution is 2.20. The van der Waals surface area contributed by atoms with Gasteiger partial charge >= 0.3 is 11.8 Å². The van der Waals surface area contributed by atoms with Gasteiger partial charge in [0.2, 0.25) is 5.65 Å². The van der Waals surface area contributed by atoms with Gasteiger partial charge in [-0.25, -0.2) is 4.98 Å². The van der Waals surface area contributed by atoms with Gasteiger partial charge in [0.15, 0.2) is 5.69 Å². The minimum absolute atomic E-state index is 0.0609. The molecule has 0 aliphatic rings. The number of hydrogen-bond donors (Lipinski definition) is 1.